The van der Waals surface area contributed by atoms with Gasteiger partial charge in [0.2, 0.25) is 0 Å². The Bertz CT molecular complexity index is 266. The van der Waals surface area contributed by atoms with Crippen LogP contribution in [0.4, 0.5) is 0 Å². The van der Waals surface area contributed by atoms with Gasteiger partial charge in [-0.1, -0.05) is 18.2 Å². The number of para-hydroxylation sites is 1. The molecule has 3 heteroatoms. The normalized spacial score (nSPS) is 8.85. The maximum Gasteiger partial charge on any atom is 0.176 e. The zero-order valence-electron chi connectivity index (χ0n) is 7.36. The lowest BCUT2D eigenvalue weighted by atomic mass is 10.3. The van der Waals surface area contributed by atoms with Crippen LogP contribution in [-0.2, 0) is 0 Å². The van der Waals surface area contributed by atoms with Crippen LogP contribution in [0.1, 0.15) is 6.42 Å². The van der Waals surface area contributed by atoms with E-state index < -0.39 is 0 Å². The van der Waals surface area contributed by atoms with E-state index in [1.54, 1.807) is 0 Å². The first-order chi connectivity index (χ1) is 6.43. The summed E-state index contributed by atoms with van der Waals surface area (Å²) < 4.78 is 5.40. The van der Waals surface area contributed by atoms with Crippen LogP contribution in [0, 0.1) is 11.5 Å². The van der Waals surface area contributed by atoms with Crippen molar-refractivity contribution in [2.24, 2.45) is 0 Å². The Kier molecular flexibility index (Phi) is 4.26. The van der Waals surface area contributed by atoms with Crippen LogP contribution in [0.3, 0.4) is 0 Å². The van der Waals surface area contributed by atoms with Crippen LogP contribution in [-0.4, -0.2) is 13.2 Å². The molecular weight excluding hydrogens is 164 g/mol. The first kappa shape index (κ1) is 9.40. The van der Waals surface area contributed by atoms with Crippen molar-refractivity contribution in [1.82, 2.24) is 5.32 Å². The van der Waals surface area contributed by atoms with E-state index in [0.29, 0.717) is 13.2 Å². The smallest absolute Gasteiger partial charge is 0.176 e. The fourth-order valence-electron chi connectivity index (χ4n) is 0.923. The highest BCUT2D eigenvalue weighted by molar-refractivity contribution is 5.20. The van der Waals surface area contributed by atoms with Crippen molar-refractivity contribution in [2.45, 2.75) is 6.42 Å². The fourth-order valence-corrected chi connectivity index (χ4v) is 0.923. The second kappa shape index (κ2) is 5.90. The number of ether oxygens (including phenoxy) is 1. The molecule has 0 heterocycles. The van der Waals surface area contributed by atoms with Gasteiger partial charge in [-0.25, -0.2) is 0 Å². The fraction of sp³-hybridized carbons (Fsp3) is 0.300. The minimum Gasteiger partial charge on any atom is -0.494 e. The van der Waals surface area contributed by atoms with Crippen molar-refractivity contribution < 1.29 is 4.74 Å². The summed E-state index contributed by atoms with van der Waals surface area (Å²) in [6, 6.07) is 9.64. The Morgan fingerprint density at radius 1 is 1.31 bits per heavy atom. The van der Waals surface area contributed by atoms with Crippen LogP contribution in [0.2, 0.25) is 0 Å². The van der Waals surface area contributed by atoms with E-state index in [-0.39, 0.29) is 0 Å². The van der Waals surface area contributed by atoms with Gasteiger partial charge in [-0.05, 0) is 18.6 Å². The first-order valence-corrected chi connectivity index (χ1v) is 4.23. The molecule has 1 aromatic carbocycles. The molecule has 0 aliphatic rings. The molecule has 0 atom stereocenters. The largest absolute Gasteiger partial charge is 0.494 e. The number of nitrogens with one attached hydrogen (secondary N) is 1. The number of hydrogen-bond acceptors (Lipinski definition) is 3. The molecule has 0 radical (unpaired) electrons. The SMILES string of the molecule is N#CNCCCOc1ccccc1. The molecule has 0 unspecified atom stereocenters. The van der Waals surface area contributed by atoms with Crippen molar-refractivity contribution in [2.75, 3.05) is 13.2 Å². The average Bonchev–Trinajstić information content (AvgIpc) is 2.19. The lowest BCUT2D eigenvalue weighted by Gasteiger charge is -2.04. The zero-order valence-corrected chi connectivity index (χ0v) is 7.36. The minimum absolute atomic E-state index is 0.638. The van der Waals surface area contributed by atoms with Gasteiger partial charge < -0.3 is 10.1 Å². The summed E-state index contributed by atoms with van der Waals surface area (Å²) in [7, 11) is 0. The predicted molar refractivity (Wildman–Crippen MR) is 50.2 cm³/mol. The van der Waals surface area contributed by atoms with Crippen molar-refractivity contribution in [3.05, 3.63) is 30.3 Å². The monoisotopic (exact) mass is 176 g/mol. The molecule has 68 valence electrons. The molecule has 0 fully saturated rings. The maximum absolute atomic E-state index is 8.18. The van der Waals surface area contributed by atoms with Crippen molar-refractivity contribution in [3.8, 4) is 11.9 Å². The van der Waals surface area contributed by atoms with Crippen LogP contribution >= 0.6 is 0 Å². The number of nitriles is 1. The summed E-state index contributed by atoms with van der Waals surface area (Å²) in [5, 5.41) is 10.7. The molecule has 1 aromatic rings. The average molecular weight is 176 g/mol. The highest BCUT2D eigenvalue weighted by Crippen LogP contribution is 2.07. The highest BCUT2D eigenvalue weighted by atomic mass is 16.5. The van der Waals surface area contributed by atoms with Gasteiger partial charge in [-0.3, -0.25) is 0 Å². The molecule has 1 N–H and O–H groups in total. The molecular formula is C10H12N2O. The zero-order chi connectivity index (χ0) is 9.36. The third-order valence-corrected chi connectivity index (χ3v) is 1.54. The molecule has 0 amide bonds. The van der Waals surface area contributed by atoms with E-state index in [9.17, 15) is 0 Å². The molecule has 13 heavy (non-hydrogen) atoms. The third-order valence-electron chi connectivity index (χ3n) is 1.54. The molecule has 0 aliphatic carbocycles. The molecule has 3 nitrogen and oxygen atoms in total. The van der Waals surface area contributed by atoms with Crippen LogP contribution < -0.4 is 10.1 Å². The Morgan fingerprint density at radius 2 is 2.08 bits per heavy atom. The van der Waals surface area contributed by atoms with Crippen LogP contribution in [0.25, 0.3) is 0 Å². The number of rotatable bonds is 5. The van der Waals surface area contributed by atoms with Crippen molar-refractivity contribution in [1.29, 1.82) is 5.26 Å². The number of nitrogens with zero attached hydrogens (tertiary/aromatic N) is 1. The van der Waals surface area contributed by atoms with E-state index >= 15 is 0 Å². The van der Waals surface area contributed by atoms with Gasteiger partial charge in [0.1, 0.15) is 5.75 Å². The molecule has 0 spiro atoms. The summed E-state index contributed by atoms with van der Waals surface area (Å²) in [6.45, 7) is 1.31. The standard InChI is InChI=1S/C10H12N2O/c11-9-12-7-4-8-13-10-5-2-1-3-6-10/h1-3,5-6,12H,4,7-8H2. The summed E-state index contributed by atoms with van der Waals surface area (Å²) in [5.41, 5.74) is 0. The van der Waals surface area contributed by atoms with Gasteiger partial charge >= 0.3 is 0 Å². The van der Waals surface area contributed by atoms with E-state index in [1.165, 1.54) is 0 Å². The second-order valence-corrected chi connectivity index (χ2v) is 2.55. The summed E-state index contributed by atoms with van der Waals surface area (Å²) in [6.07, 6.45) is 2.70. The summed E-state index contributed by atoms with van der Waals surface area (Å²) >= 11 is 0. The van der Waals surface area contributed by atoms with Gasteiger partial charge in [-0.2, -0.15) is 5.26 Å². The van der Waals surface area contributed by atoms with Crippen LogP contribution in [0.5, 0.6) is 5.75 Å². The number of benzene rings is 1. The molecule has 0 saturated carbocycles. The van der Waals surface area contributed by atoms with Gasteiger partial charge in [0.25, 0.3) is 0 Å². The Morgan fingerprint density at radius 3 is 2.77 bits per heavy atom. The molecule has 0 saturated heterocycles. The van der Waals surface area contributed by atoms with Gasteiger partial charge in [0.05, 0.1) is 6.61 Å². The Balaban J connectivity index is 2.11. The van der Waals surface area contributed by atoms with Crippen molar-refractivity contribution in [3.63, 3.8) is 0 Å². The summed E-state index contributed by atoms with van der Waals surface area (Å²) in [5.74, 6) is 0.874. The quantitative estimate of drug-likeness (QED) is 0.420. The van der Waals surface area contributed by atoms with Gasteiger partial charge in [0, 0.05) is 6.54 Å². The molecule has 0 bridgehead atoms. The molecule has 0 aromatic heterocycles. The minimum atomic E-state index is 0.638. The highest BCUT2D eigenvalue weighted by Gasteiger charge is 1.90. The van der Waals surface area contributed by atoms with E-state index in [4.69, 9.17) is 10.00 Å². The Labute approximate surface area is 77.9 Å². The predicted octanol–water partition coefficient (Wildman–Crippen LogP) is 1.53. The van der Waals surface area contributed by atoms with Crippen molar-refractivity contribution >= 4 is 0 Å². The van der Waals surface area contributed by atoms with E-state index in [2.05, 4.69) is 5.32 Å². The first-order valence-electron chi connectivity index (χ1n) is 4.23. The van der Waals surface area contributed by atoms with Crippen LogP contribution in [0.15, 0.2) is 30.3 Å². The maximum atomic E-state index is 8.18. The molecule has 1 rings (SSSR count). The third kappa shape index (κ3) is 4.02. The van der Waals surface area contributed by atoms with Gasteiger partial charge in [-0.15, -0.1) is 0 Å². The topological polar surface area (TPSA) is 45.0 Å². The Hall–Kier alpha value is -1.69. The number of hydrogen-bond donors (Lipinski definition) is 1. The second-order valence-electron chi connectivity index (χ2n) is 2.55. The summed E-state index contributed by atoms with van der Waals surface area (Å²) in [4.78, 5) is 0. The lowest BCUT2D eigenvalue weighted by molar-refractivity contribution is 0.311. The molecule has 0 aliphatic heterocycles. The van der Waals surface area contributed by atoms with Gasteiger partial charge in [0.15, 0.2) is 6.19 Å². The lowest BCUT2D eigenvalue weighted by Crippen LogP contribution is -2.11. The van der Waals surface area contributed by atoms with E-state index in [1.807, 2.05) is 36.5 Å². The van der Waals surface area contributed by atoms with E-state index in [0.717, 1.165) is 12.2 Å².